The van der Waals surface area contributed by atoms with E-state index in [0.717, 1.165) is 12.1 Å². The SMILES string of the molecule is Nc1cn[nH]c1NC(=O)c1ccc(F)cc1F. The number of anilines is 2. The molecule has 0 radical (unpaired) electrons. The predicted octanol–water partition coefficient (Wildman–Crippen LogP) is 1.52. The molecule has 0 atom stereocenters. The average molecular weight is 238 g/mol. The number of amides is 1. The Kier molecular flexibility index (Phi) is 2.73. The number of aromatic amines is 1. The van der Waals surface area contributed by atoms with Crippen molar-refractivity contribution < 1.29 is 13.6 Å². The Bertz CT molecular complexity index is 567. The van der Waals surface area contributed by atoms with Crippen molar-refractivity contribution in [3.8, 4) is 0 Å². The van der Waals surface area contributed by atoms with Crippen LogP contribution >= 0.6 is 0 Å². The van der Waals surface area contributed by atoms with Crippen molar-refractivity contribution >= 4 is 17.4 Å². The highest BCUT2D eigenvalue weighted by atomic mass is 19.1. The molecule has 0 spiro atoms. The summed E-state index contributed by atoms with van der Waals surface area (Å²) in [6.07, 6.45) is 1.30. The summed E-state index contributed by atoms with van der Waals surface area (Å²) in [6.45, 7) is 0. The molecule has 1 aromatic carbocycles. The summed E-state index contributed by atoms with van der Waals surface area (Å²) in [7, 11) is 0. The minimum atomic E-state index is -0.944. The maximum Gasteiger partial charge on any atom is 0.259 e. The van der Waals surface area contributed by atoms with Crippen LogP contribution in [-0.4, -0.2) is 16.1 Å². The molecule has 0 aliphatic heterocycles. The number of H-pyrrole nitrogens is 1. The fraction of sp³-hybridized carbons (Fsp3) is 0. The van der Waals surface area contributed by atoms with E-state index in [-0.39, 0.29) is 17.1 Å². The third-order valence-corrected chi connectivity index (χ3v) is 2.08. The van der Waals surface area contributed by atoms with Gasteiger partial charge in [-0.1, -0.05) is 0 Å². The number of halogens is 2. The second-order valence-corrected chi connectivity index (χ2v) is 3.28. The van der Waals surface area contributed by atoms with E-state index in [2.05, 4.69) is 15.5 Å². The second-order valence-electron chi connectivity index (χ2n) is 3.28. The lowest BCUT2D eigenvalue weighted by Crippen LogP contribution is -2.15. The Morgan fingerprint density at radius 2 is 2.18 bits per heavy atom. The van der Waals surface area contributed by atoms with E-state index in [4.69, 9.17) is 5.73 Å². The van der Waals surface area contributed by atoms with Gasteiger partial charge in [0.1, 0.15) is 11.6 Å². The molecule has 1 aromatic heterocycles. The van der Waals surface area contributed by atoms with Gasteiger partial charge in [-0.3, -0.25) is 9.89 Å². The van der Waals surface area contributed by atoms with Gasteiger partial charge < -0.3 is 11.1 Å². The molecule has 0 bridgehead atoms. The topological polar surface area (TPSA) is 83.8 Å². The Morgan fingerprint density at radius 1 is 1.41 bits per heavy atom. The molecule has 0 aliphatic carbocycles. The van der Waals surface area contributed by atoms with Crippen LogP contribution < -0.4 is 11.1 Å². The maximum atomic E-state index is 13.3. The molecule has 17 heavy (non-hydrogen) atoms. The summed E-state index contributed by atoms with van der Waals surface area (Å²) < 4.78 is 25.9. The first-order valence-electron chi connectivity index (χ1n) is 4.63. The van der Waals surface area contributed by atoms with Crippen LogP contribution in [0.25, 0.3) is 0 Å². The van der Waals surface area contributed by atoms with E-state index in [9.17, 15) is 13.6 Å². The zero-order valence-corrected chi connectivity index (χ0v) is 8.50. The average Bonchev–Trinajstić information content (AvgIpc) is 2.64. The number of hydrogen-bond donors (Lipinski definition) is 3. The zero-order valence-electron chi connectivity index (χ0n) is 8.50. The molecule has 5 nitrogen and oxygen atoms in total. The fourth-order valence-electron chi connectivity index (χ4n) is 1.25. The van der Waals surface area contributed by atoms with Crippen LogP contribution in [0.3, 0.4) is 0 Å². The van der Waals surface area contributed by atoms with Crippen molar-refractivity contribution in [1.29, 1.82) is 0 Å². The summed E-state index contributed by atoms with van der Waals surface area (Å²) in [5.41, 5.74) is 5.41. The van der Waals surface area contributed by atoms with Gasteiger partial charge in [-0.05, 0) is 12.1 Å². The van der Waals surface area contributed by atoms with E-state index >= 15 is 0 Å². The van der Waals surface area contributed by atoms with Crippen LogP contribution in [0.5, 0.6) is 0 Å². The Hall–Kier alpha value is -2.44. The van der Waals surface area contributed by atoms with Crippen LogP contribution in [0.2, 0.25) is 0 Å². The smallest absolute Gasteiger partial charge is 0.259 e. The number of carbonyl (C=O) groups is 1. The van der Waals surface area contributed by atoms with E-state index in [1.807, 2.05) is 0 Å². The number of hydrogen-bond acceptors (Lipinski definition) is 3. The highest BCUT2D eigenvalue weighted by Gasteiger charge is 2.14. The van der Waals surface area contributed by atoms with Crippen molar-refractivity contribution in [2.24, 2.45) is 0 Å². The lowest BCUT2D eigenvalue weighted by atomic mass is 10.2. The number of carbonyl (C=O) groups excluding carboxylic acids is 1. The van der Waals surface area contributed by atoms with E-state index in [1.54, 1.807) is 0 Å². The number of nitrogens with one attached hydrogen (secondary N) is 2. The van der Waals surface area contributed by atoms with Crippen molar-refractivity contribution in [3.63, 3.8) is 0 Å². The monoisotopic (exact) mass is 238 g/mol. The molecule has 4 N–H and O–H groups in total. The van der Waals surface area contributed by atoms with Crippen molar-refractivity contribution in [2.45, 2.75) is 0 Å². The molecule has 0 saturated carbocycles. The van der Waals surface area contributed by atoms with Gasteiger partial charge in [-0.15, -0.1) is 0 Å². The second kappa shape index (κ2) is 4.20. The molecule has 0 aliphatic rings. The lowest BCUT2D eigenvalue weighted by Gasteiger charge is -2.04. The van der Waals surface area contributed by atoms with Gasteiger partial charge >= 0.3 is 0 Å². The standard InChI is InChI=1S/C10H8F2N4O/c11-5-1-2-6(7(12)3-5)10(17)15-9-8(13)4-14-16-9/h1-4H,13H2,(H2,14,15,16,17). The van der Waals surface area contributed by atoms with Gasteiger partial charge in [-0.2, -0.15) is 5.10 Å². The summed E-state index contributed by atoms with van der Waals surface area (Å²) >= 11 is 0. The fourth-order valence-corrected chi connectivity index (χ4v) is 1.25. The number of rotatable bonds is 2. The molecule has 7 heteroatoms. The van der Waals surface area contributed by atoms with E-state index < -0.39 is 17.5 Å². The Labute approximate surface area is 94.6 Å². The Morgan fingerprint density at radius 3 is 2.76 bits per heavy atom. The molecule has 2 aromatic rings. The number of nitrogen functional groups attached to an aromatic ring is 1. The molecule has 2 rings (SSSR count). The molecule has 1 amide bonds. The molecule has 0 saturated heterocycles. The predicted molar refractivity (Wildman–Crippen MR) is 57.3 cm³/mol. The van der Waals surface area contributed by atoms with Gasteiger partial charge in [0.05, 0.1) is 17.4 Å². The highest BCUT2D eigenvalue weighted by Crippen LogP contribution is 2.15. The molecule has 0 unspecified atom stereocenters. The van der Waals surface area contributed by atoms with Gasteiger partial charge in [0.15, 0.2) is 5.82 Å². The van der Waals surface area contributed by atoms with Crippen LogP contribution in [0.4, 0.5) is 20.3 Å². The minimum absolute atomic E-state index is 0.165. The number of nitrogens with zero attached hydrogens (tertiary/aromatic N) is 1. The minimum Gasteiger partial charge on any atom is -0.394 e. The maximum absolute atomic E-state index is 13.3. The van der Waals surface area contributed by atoms with Gasteiger partial charge in [-0.25, -0.2) is 8.78 Å². The van der Waals surface area contributed by atoms with Crippen molar-refractivity contribution in [1.82, 2.24) is 10.2 Å². The highest BCUT2D eigenvalue weighted by molar-refractivity contribution is 6.05. The first-order valence-corrected chi connectivity index (χ1v) is 4.63. The summed E-state index contributed by atoms with van der Waals surface area (Å²) in [4.78, 5) is 11.6. The van der Waals surface area contributed by atoms with E-state index in [1.165, 1.54) is 6.20 Å². The molecular weight excluding hydrogens is 230 g/mol. The van der Waals surface area contributed by atoms with Crippen LogP contribution in [-0.2, 0) is 0 Å². The van der Waals surface area contributed by atoms with Crippen LogP contribution in [0, 0.1) is 11.6 Å². The van der Waals surface area contributed by atoms with Gasteiger partial charge in [0.2, 0.25) is 0 Å². The molecular formula is C10H8F2N4O. The third-order valence-electron chi connectivity index (χ3n) is 2.08. The third kappa shape index (κ3) is 2.22. The van der Waals surface area contributed by atoms with Crippen molar-refractivity contribution in [3.05, 3.63) is 41.6 Å². The largest absolute Gasteiger partial charge is 0.394 e. The van der Waals surface area contributed by atoms with Gasteiger partial charge in [0.25, 0.3) is 5.91 Å². The Balaban J connectivity index is 2.23. The summed E-state index contributed by atoms with van der Waals surface area (Å²) in [5.74, 6) is -2.27. The quantitative estimate of drug-likeness (QED) is 0.741. The zero-order chi connectivity index (χ0) is 12.4. The molecule has 0 fully saturated rings. The van der Waals surface area contributed by atoms with Crippen LogP contribution in [0.15, 0.2) is 24.4 Å². The summed E-state index contributed by atoms with van der Waals surface area (Å²) in [6, 6.07) is 2.67. The normalized spacial score (nSPS) is 10.2. The molecule has 1 heterocycles. The molecule has 88 valence electrons. The summed E-state index contributed by atoms with van der Waals surface area (Å²) in [5, 5.41) is 8.34. The first-order chi connectivity index (χ1) is 8.08. The number of aromatic nitrogens is 2. The van der Waals surface area contributed by atoms with E-state index in [0.29, 0.717) is 6.07 Å². The van der Waals surface area contributed by atoms with Crippen LogP contribution in [0.1, 0.15) is 10.4 Å². The van der Waals surface area contributed by atoms with Gasteiger partial charge in [0, 0.05) is 6.07 Å². The number of nitrogens with two attached hydrogens (primary N) is 1. The lowest BCUT2D eigenvalue weighted by molar-refractivity contribution is 0.102. The number of benzene rings is 1. The first kappa shape index (κ1) is 11.1. The van der Waals surface area contributed by atoms with Crippen molar-refractivity contribution in [2.75, 3.05) is 11.1 Å².